The Kier molecular flexibility index (Phi) is 5.90. The van der Waals surface area contributed by atoms with Gasteiger partial charge in [-0.05, 0) is 62.0 Å². The van der Waals surface area contributed by atoms with E-state index in [1.807, 2.05) is 0 Å². The maximum Gasteiger partial charge on any atom is 0.251 e. The van der Waals surface area contributed by atoms with E-state index >= 15 is 0 Å². The number of aromatic nitrogens is 1. The molecule has 0 saturated carbocycles. The van der Waals surface area contributed by atoms with Gasteiger partial charge in [0.1, 0.15) is 12.4 Å². The second-order valence-electron chi connectivity index (χ2n) is 4.66. The Morgan fingerprint density at radius 2 is 2.00 bits per heavy atom. The third-order valence-corrected chi connectivity index (χ3v) is 4.06. The standard InChI is InChI=1S/C15H13Br2FN2O2/c16-11-2-4-15(22)20(8-11)9-14(21)19-6-5-10-1-3-13(18)12(17)7-10/h1-4,7-8H,5-6,9H2,(H,19,21). The number of hydrogen-bond donors (Lipinski definition) is 1. The van der Waals surface area contributed by atoms with Crippen LogP contribution in [0.5, 0.6) is 0 Å². The highest BCUT2D eigenvalue weighted by Crippen LogP contribution is 2.16. The van der Waals surface area contributed by atoms with Crippen molar-refractivity contribution in [3.05, 3.63) is 67.2 Å². The average molecular weight is 432 g/mol. The summed E-state index contributed by atoms with van der Waals surface area (Å²) in [4.78, 5) is 23.4. The van der Waals surface area contributed by atoms with Crippen LogP contribution in [-0.4, -0.2) is 17.0 Å². The Morgan fingerprint density at radius 1 is 1.23 bits per heavy atom. The maximum atomic E-state index is 13.1. The molecule has 1 N–H and O–H groups in total. The lowest BCUT2D eigenvalue weighted by molar-refractivity contribution is -0.121. The van der Waals surface area contributed by atoms with Gasteiger partial charge in [0.15, 0.2) is 0 Å². The number of carbonyl (C=O) groups excluding carboxylic acids is 1. The summed E-state index contributed by atoms with van der Waals surface area (Å²) in [6.45, 7) is 0.380. The number of rotatable bonds is 5. The molecule has 4 nitrogen and oxygen atoms in total. The fourth-order valence-corrected chi connectivity index (χ4v) is 2.68. The van der Waals surface area contributed by atoms with Gasteiger partial charge in [-0.2, -0.15) is 0 Å². The fourth-order valence-electron chi connectivity index (χ4n) is 1.88. The zero-order chi connectivity index (χ0) is 16.1. The van der Waals surface area contributed by atoms with Crippen LogP contribution in [0.3, 0.4) is 0 Å². The van der Waals surface area contributed by atoms with Crippen LogP contribution in [0.2, 0.25) is 0 Å². The molecule has 1 aromatic heterocycles. The van der Waals surface area contributed by atoms with Gasteiger partial charge in [0.25, 0.3) is 5.56 Å². The SMILES string of the molecule is O=C(Cn1cc(Br)ccc1=O)NCCc1ccc(F)c(Br)c1. The van der Waals surface area contributed by atoms with Crippen LogP contribution in [0, 0.1) is 5.82 Å². The van der Waals surface area contributed by atoms with Crippen molar-refractivity contribution in [1.29, 1.82) is 0 Å². The molecule has 2 rings (SSSR count). The quantitative estimate of drug-likeness (QED) is 0.791. The summed E-state index contributed by atoms with van der Waals surface area (Å²) in [5.41, 5.74) is 0.675. The first kappa shape index (κ1) is 16.9. The fraction of sp³-hybridized carbons (Fsp3) is 0.200. The summed E-state index contributed by atoms with van der Waals surface area (Å²) in [5.74, 6) is -0.566. The Bertz CT molecular complexity index is 747. The molecule has 0 radical (unpaired) electrons. The molecule has 1 aromatic carbocycles. The summed E-state index contributed by atoms with van der Waals surface area (Å²) in [6, 6.07) is 7.75. The summed E-state index contributed by atoms with van der Waals surface area (Å²) in [7, 11) is 0. The van der Waals surface area contributed by atoms with E-state index in [0.29, 0.717) is 17.4 Å². The number of halogens is 3. The number of nitrogens with one attached hydrogen (secondary N) is 1. The van der Waals surface area contributed by atoms with Crippen LogP contribution in [0.1, 0.15) is 5.56 Å². The Balaban J connectivity index is 1.86. The highest BCUT2D eigenvalue weighted by Gasteiger charge is 2.05. The van der Waals surface area contributed by atoms with E-state index in [-0.39, 0.29) is 23.8 Å². The van der Waals surface area contributed by atoms with E-state index in [9.17, 15) is 14.0 Å². The number of carbonyl (C=O) groups is 1. The van der Waals surface area contributed by atoms with Crippen molar-refractivity contribution in [2.45, 2.75) is 13.0 Å². The molecule has 1 heterocycles. The molecule has 7 heteroatoms. The van der Waals surface area contributed by atoms with Crippen molar-refractivity contribution in [1.82, 2.24) is 9.88 Å². The van der Waals surface area contributed by atoms with Gasteiger partial charge in [0.05, 0.1) is 4.47 Å². The minimum absolute atomic E-state index is 0.0363. The zero-order valence-electron chi connectivity index (χ0n) is 11.5. The molecule has 0 fully saturated rings. The molecule has 0 aliphatic rings. The number of hydrogen-bond acceptors (Lipinski definition) is 2. The molecular formula is C15H13Br2FN2O2. The van der Waals surface area contributed by atoms with Gasteiger partial charge in [-0.3, -0.25) is 9.59 Å². The van der Waals surface area contributed by atoms with Crippen molar-refractivity contribution in [2.75, 3.05) is 6.54 Å². The van der Waals surface area contributed by atoms with E-state index in [1.54, 1.807) is 24.4 Å². The highest BCUT2D eigenvalue weighted by molar-refractivity contribution is 9.10. The van der Waals surface area contributed by atoms with Crippen LogP contribution in [0.4, 0.5) is 4.39 Å². The lowest BCUT2D eigenvalue weighted by Crippen LogP contribution is -2.33. The van der Waals surface area contributed by atoms with Crippen LogP contribution in [0.25, 0.3) is 0 Å². The number of amides is 1. The molecule has 1 amide bonds. The average Bonchev–Trinajstić information content (AvgIpc) is 2.47. The van der Waals surface area contributed by atoms with Gasteiger partial charge in [-0.15, -0.1) is 0 Å². The summed E-state index contributed by atoms with van der Waals surface area (Å²) < 4.78 is 15.6. The minimum Gasteiger partial charge on any atom is -0.354 e. The summed E-state index contributed by atoms with van der Waals surface area (Å²) in [5, 5.41) is 2.74. The number of nitrogens with zero attached hydrogens (tertiary/aromatic N) is 1. The van der Waals surface area contributed by atoms with E-state index < -0.39 is 0 Å². The molecule has 0 aliphatic heterocycles. The molecule has 116 valence electrons. The molecule has 0 unspecified atom stereocenters. The topological polar surface area (TPSA) is 51.1 Å². The van der Waals surface area contributed by atoms with Crippen LogP contribution in [0.15, 0.2) is 50.3 Å². The van der Waals surface area contributed by atoms with Gasteiger partial charge in [0, 0.05) is 23.3 Å². The van der Waals surface area contributed by atoms with Gasteiger partial charge < -0.3 is 9.88 Å². The van der Waals surface area contributed by atoms with Crippen LogP contribution >= 0.6 is 31.9 Å². The largest absolute Gasteiger partial charge is 0.354 e. The van der Waals surface area contributed by atoms with Gasteiger partial charge in [-0.1, -0.05) is 6.07 Å². The Labute approximate surface area is 143 Å². The number of pyridine rings is 1. The normalized spacial score (nSPS) is 10.5. The first-order valence-electron chi connectivity index (χ1n) is 6.52. The van der Waals surface area contributed by atoms with E-state index in [4.69, 9.17) is 0 Å². The molecule has 22 heavy (non-hydrogen) atoms. The van der Waals surface area contributed by atoms with Crippen molar-refractivity contribution in [3.63, 3.8) is 0 Å². The molecule has 2 aromatic rings. The Morgan fingerprint density at radius 3 is 2.73 bits per heavy atom. The summed E-state index contributed by atoms with van der Waals surface area (Å²) in [6.07, 6.45) is 2.15. The molecule has 0 bridgehead atoms. The Hall–Kier alpha value is -1.47. The first-order valence-corrected chi connectivity index (χ1v) is 8.11. The molecule has 0 atom stereocenters. The minimum atomic E-state index is -0.318. The van der Waals surface area contributed by atoms with Gasteiger partial charge in [0.2, 0.25) is 5.91 Å². The lowest BCUT2D eigenvalue weighted by Gasteiger charge is -2.08. The third kappa shape index (κ3) is 4.78. The third-order valence-electron chi connectivity index (χ3n) is 2.98. The van der Waals surface area contributed by atoms with E-state index in [0.717, 1.165) is 10.0 Å². The van der Waals surface area contributed by atoms with Gasteiger partial charge in [-0.25, -0.2) is 4.39 Å². The molecule has 0 saturated heterocycles. The molecular weight excluding hydrogens is 419 g/mol. The van der Waals surface area contributed by atoms with Crippen LogP contribution in [-0.2, 0) is 17.8 Å². The van der Waals surface area contributed by atoms with E-state index in [1.165, 1.54) is 16.7 Å². The monoisotopic (exact) mass is 430 g/mol. The molecule has 0 spiro atoms. The second-order valence-corrected chi connectivity index (χ2v) is 6.43. The predicted molar refractivity (Wildman–Crippen MR) is 89.2 cm³/mol. The highest BCUT2D eigenvalue weighted by atomic mass is 79.9. The first-order chi connectivity index (χ1) is 10.5. The van der Waals surface area contributed by atoms with E-state index in [2.05, 4.69) is 37.2 Å². The van der Waals surface area contributed by atoms with Crippen molar-refractivity contribution < 1.29 is 9.18 Å². The summed E-state index contributed by atoms with van der Waals surface area (Å²) >= 11 is 6.38. The smallest absolute Gasteiger partial charge is 0.251 e. The van der Waals surface area contributed by atoms with Crippen molar-refractivity contribution >= 4 is 37.8 Å². The van der Waals surface area contributed by atoms with Gasteiger partial charge >= 0.3 is 0 Å². The molecule has 0 aliphatic carbocycles. The predicted octanol–water partition coefficient (Wildman–Crippen LogP) is 2.87. The lowest BCUT2D eigenvalue weighted by atomic mass is 10.1. The number of benzene rings is 1. The second kappa shape index (κ2) is 7.69. The van der Waals surface area contributed by atoms with Crippen molar-refractivity contribution in [3.8, 4) is 0 Å². The van der Waals surface area contributed by atoms with Crippen molar-refractivity contribution in [2.24, 2.45) is 0 Å². The zero-order valence-corrected chi connectivity index (χ0v) is 14.7. The van der Waals surface area contributed by atoms with Crippen LogP contribution < -0.4 is 10.9 Å². The maximum absolute atomic E-state index is 13.1.